The summed E-state index contributed by atoms with van der Waals surface area (Å²) in [6, 6.07) is 5.80. The van der Waals surface area contributed by atoms with E-state index < -0.39 is 0 Å². The Morgan fingerprint density at radius 1 is 1.25 bits per heavy atom. The summed E-state index contributed by atoms with van der Waals surface area (Å²) in [4.78, 5) is 4.59. The lowest BCUT2D eigenvalue weighted by Gasteiger charge is -2.35. The normalized spacial score (nSPS) is 17.8. The van der Waals surface area contributed by atoms with Crippen LogP contribution < -0.4 is 4.90 Å². The number of aliphatic hydroxyl groups is 1. The van der Waals surface area contributed by atoms with Gasteiger partial charge in [0.05, 0.1) is 6.61 Å². The molecule has 3 nitrogen and oxygen atoms in total. The minimum Gasteiger partial charge on any atom is -0.392 e. The minimum atomic E-state index is 0.00134. The van der Waals surface area contributed by atoms with Crippen LogP contribution in [-0.4, -0.2) is 43.2 Å². The van der Waals surface area contributed by atoms with E-state index in [1.165, 1.54) is 0 Å². The molecule has 1 aliphatic rings. The molecule has 0 radical (unpaired) electrons. The second-order valence-electron chi connectivity index (χ2n) is 4.19. The van der Waals surface area contributed by atoms with Crippen molar-refractivity contribution in [1.29, 1.82) is 0 Å². The summed E-state index contributed by atoms with van der Waals surface area (Å²) in [5.74, 6) is 0. The van der Waals surface area contributed by atoms with E-state index in [0.717, 1.165) is 37.4 Å². The van der Waals surface area contributed by atoms with E-state index >= 15 is 0 Å². The summed E-state index contributed by atoms with van der Waals surface area (Å²) in [7, 11) is 2.13. The van der Waals surface area contributed by atoms with Crippen LogP contribution in [0.3, 0.4) is 0 Å². The average Bonchev–Trinajstić information content (AvgIpc) is 2.30. The molecular formula is C12H17ClN2O. The molecule has 16 heavy (non-hydrogen) atoms. The van der Waals surface area contributed by atoms with Crippen molar-refractivity contribution in [3.05, 3.63) is 28.8 Å². The van der Waals surface area contributed by atoms with Gasteiger partial charge in [0, 0.05) is 42.5 Å². The van der Waals surface area contributed by atoms with Crippen LogP contribution in [0.2, 0.25) is 5.02 Å². The van der Waals surface area contributed by atoms with E-state index in [1.54, 1.807) is 0 Å². The van der Waals surface area contributed by atoms with Crippen LogP contribution in [0.5, 0.6) is 0 Å². The van der Waals surface area contributed by atoms with Gasteiger partial charge in [-0.2, -0.15) is 0 Å². The van der Waals surface area contributed by atoms with E-state index in [0.29, 0.717) is 5.02 Å². The van der Waals surface area contributed by atoms with Crippen molar-refractivity contribution in [2.45, 2.75) is 6.61 Å². The Morgan fingerprint density at radius 2 is 1.94 bits per heavy atom. The molecule has 1 aromatic carbocycles. The topological polar surface area (TPSA) is 26.7 Å². The summed E-state index contributed by atoms with van der Waals surface area (Å²) >= 11 is 6.08. The number of aliphatic hydroxyl groups excluding tert-OH is 1. The fourth-order valence-electron chi connectivity index (χ4n) is 2.05. The molecule has 2 rings (SSSR count). The number of hydrogen-bond donors (Lipinski definition) is 1. The van der Waals surface area contributed by atoms with Gasteiger partial charge in [-0.15, -0.1) is 0 Å². The van der Waals surface area contributed by atoms with Crippen LogP contribution in [0.4, 0.5) is 5.69 Å². The van der Waals surface area contributed by atoms with Gasteiger partial charge in [-0.05, 0) is 19.2 Å². The van der Waals surface area contributed by atoms with Gasteiger partial charge >= 0.3 is 0 Å². The van der Waals surface area contributed by atoms with Crippen molar-refractivity contribution in [2.75, 3.05) is 38.1 Å². The predicted molar refractivity (Wildman–Crippen MR) is 67.1 cm³/mol. The van der Waals surface area contributed by atoms with E-state index in [1.807, 2.05) is 18.2 Å². The zero-order valence-corrected chi connectivity index (χ0v) is 10.2. The van der Waals surface area contributed by atoms with E-state index in [9.17, 15) is 5.11 Å². The van der Waals surface area contributed by atoms with Gasteiger partial charge in [-0.25, -0.2) is 0 Å². The molecule has 0 spiro atoms. The fraction of sp³-hybridized carbons (Fsp3) is 0.500. The summed E-state index contributed by atoms with van der Waals surface area (Å²) in [5.41, 5.74) is 1.91. The summed E-state index contributed by atoms with van der Waals surface area (Å²) < 4.78 is 0. The number of nitrogens with zero attached hydrogens (tertiary/aromatic N) is 2. The molecular weight excluding hydrogens is 224 g/mol. The number of rotatable bonds is 2. The molecule has 1 N–H and O–H groups in total. The first kappa shape index (κ1) is 11.7. The molecule has 0 unspecified atom stereocenters. The molecule has 0 saturated carbocycles. The highest BCUT2D eigenvalue weighted by Gasteiger charge is 2.17. The lowest BCUT2D eigenvalue weighted by atomic mass is 10.1. The molecule has 1 fully saturated rings. The third-order valence-corrected chi connectivity index (χ3v) is 3.45. The lowest BCUT2D eigenvalue weighted by molar-refractivity contribution is 0.280. The highest BCUT2D eigenvalue weighted by Crippen LogP contribution is 2.28. The SMILES string of the molecule is CN1CCN(c2cccc(Cl)c2CO)CC1. The third kappa shape index (κ3) is 2.32. The molecule has 1 heterocycles. The van der Waals surface area contributed by atoms with Gasteiger partial charge in [-0.3, -0.25) is 0 Å². The molecule has 1 aromatic rings. The van der Waals surface area contributed by atoms with Gasteiger partial charge in [0.2, 0.25) is 0 Å². The van der Waals surface area contributed by atoms with Crippen molar-refractivity contribution >= 4 is 17.3 Å². The van der Waals surface area contributed by atoms with Crippen molar-refractivity contribution in [3.8, 4) is 0 Å². The summed E-state index contributed by atoms with van der Waals surface area (Å²) in [6.07, 6.45) is 0. The molecule has 0 bridgehead atoms. The van der Waals surface area contributed by atoms with Crippen LogP contribution in [0.15, 0.2) is 18.2 Å². The van der Waals surface area contributed by atoms with Gasteiger partial charge in [0.15, 0.2) is 0 Å². The summed E-state index contributed by atoms with van der Waals surface area (Å²) in [6.45, 7) is 4.09. The van der Waals surface area contributed by atoms with Crippen LogP contribution in [0, 0.1) is 0 Å². The number of anilines is 1. The minimum absolute atomic E-state index is 0.00134. The van der Waals surface area contributed by atoms with Gasteiger partial charge in [0.25, 0.3) is 0 Å². The predicted octanol–water partition coefficient (Wildman–Crippen LogP) is 1.58. The second-order valence-corrected chi connectivity index (χ2v) is 4.59. The number of hydrogen-bond acceptors (Lipinski definition) is 3. The zero-order chi connectivity index (χ0) is 11.5. The third-order valence-electron chi connectivity index (χ3n) is 3.10. The Labute approximate surface area is 101 Å². The van der Waals surface area contributed by atoms with Crippen LogP contribution in [-0.2, 0) is 6.61 Å². The first-order valence-corrected chi connectivity index (χ1v) is 5.92. The highest BCUT2D eigenvalue weighted by molar-refractivity contribution is 6.31. The van der Waals surface area contributed by atoms with Gasteiger partial charge < -0.3 is 14.9 Å². The van der Waals surface area contributed by atoms with Crippen LogP contribution >= 0.6 is 11.6 Å². The average molecular weight is 241 g/mol. The van der Waals surface area contributed by atoms with Crippen LogP contribution in [0.1, 0.15) is 5.56 Å². The molecule has 4 heteroatoms. The first-order chi connectivity index (χ1) is 7.72. The highest BCUT2D eigenvalue weighted by atomic mass is 35.5. The second kappa shape index (κ2) is 5.04. The number of piperazine rings is 1. The maximum absolute atomic E-state index is 9.36. The number of likely N-dealkylation sites (N-methyl/N-ethyl adjacent to an activating group) is 1. The monoisotopic (exact) mass is 240 g/mol. The van der Waals surface area contributed by atoms with Crippen molar-refractivity contribution < 1.29 is 5.11 Å². The molecule has 0 atom stereocenters. The largest absolute Gasteiger partial charge is 0.392 e. The standard InChI is InChI=1S/C12H17ClN2O/c1-14-5-7-15(8-6-14)12-4-2-3-11(13)10(12)9-16/h2-4,16H,5-9H2,1H3. The molecule has 1 saturated heterocycles. The molecule has 1 aliphatic heterocycles. The first-order valence-electron chi connectivity index (χ1n) is 5.54. The number of halogens is 1. The Morgan fingerprint density at radius 3 is 2.56 bits per heavy atom. The van der Waals surface area contributed by atoms with E-state index in [-0.39, 0.29) is 6.61 Å². The molecule has 0 aromatic heterocycles. The fourth-order valence-corrected chi connectivity index (χ4v) is 2.28. The summed E-state index contributed by atoms with van der Waals surface area (Å²) in [5, 5.41) is 10.0. The van der Waals surface area contributed by atoms with Crippen molar-refractivity contribution in [1.82, 2.24) is 4.90 Å². The van der Waals surface area contributed by atoms with Crippen molar-refractivity contribution in [2.24, 2.45) is 0 Å². The maximum Gasteiger partial charge on any atom is 0.0716 e. The van der Waals surface area contributed by atoms with Crippen molar-refractivity contribution in [3.63, 3.8) is 0 Å². The lowest BCUT2D eigenvalue weighted by Crippen LogP contribution is -2.44. The quantitative estimate of drug-likeness (QED) is 0.851. The van der Waals surface area contributed by atoms with E-state index in [4.69, 9.17) is 11.6 Å². The van der Waals surface area contributed by atoms with Gasteiger partial charge in [0.1, 0.15) is 0 Å². The Hall–Kier alpha value is -0.770. The molecule has 88 valence electrons. The number of benzene rings is 1. The van der Waals surface area contributed by atoms with Crippen LogP contribution in [0.25, 0.3) is 0 Å². The van der Waals surface area contributed by atoms with Gasteiger partial charge in [-0.1, -0.05) is 17.7 Å². The van der Waals surface area contributed by atoms with E-state index in [2.05, 4.69) is 16.8 Å². The Balaban J connectivity index is 2.23. The zero-order valence-electron chi connectivity index (χ0n) is 9.49. The Kier molecular flexibility index (Phi) is 3.69. The smallest absolute Gasteiger partial charge is 0.0716 e. The molecule has 0 amide bonds. The Bertz CT molecular complexity index is 362. The maximum atomic E-state index is 9.36. The molecule has 0 aliphatic carbocycles.